The van der Waals surface area contributed by atoms with Crippen LogP contribution in [0.1, 0.15) is 38.4 Å². The minimum absolute atomic E-state index is 0.157. The van der Waals surface area contributed by atoms with Crippen molar-refractivity contribution in [2.24, 2.45) is 5.73 Å². The van der Waals surface area contributed by atoms with Crippen LogP contribution in [-0.2, 0) is 6.42 Å². The van der Waals surface area contributed by atoms with Crippen LogP contribution in [0.5, 0.6) is 0 Å². The maximum absolute atomic E-state index is 11.9. The Morgan fingerprint density at radius 2 is 1.90 bits per heavy atom. The van der Waals surface area contributed by atoms with Crippen LogP contribution in [0, 0.1) is 6.92 Å². The third-order valence-electron chi connectivity index (χ3n) is 3.27. The number of carbonyl (C=O) groups is 2. The van der Waals surface area contributed by atoms with E-state index in [1.807, 2.05) is 6.92 Å². The number of hydrogen-bond donors (Lipinski definition) is 3. The van der Waals surface area contributed by atoms with Crippen LogP contribution in [-0.4, -0.2) is 28.6 Å². The Kier molecular flexibility index (Phi) is 4.71. The highest BCUT2D eigenvalue weighted by atomic mass is 16.2. The lowest BCUT2D eigenvalue weighted by Crippen LogP contribution is -2.25. The molecular formula is C15H18N4O2. The molecule has 0 bridgehead atoms. The average Bonchev–Trinajstić information content (AvgIpc) is 2.89. The van der Waals surface area contributed by atoms with Crippen molar-refractivity contribution in [2.75, 3.05) is 6.54 Å². The maximum Gasteiger partial charge on any atom is 0.251 e. The van der Waals surface area contributed by atoms with Gasteiger partial charge in [0.15, 0.2) is 0 Å². The van der Waals surface area contributed by atoms with E-state index in [2.05, 4.69) is 15.5 Å². The van der Waals surface area contributed by atoms with Gasteiger partial charge in [0.05, 0.1) is 6.20 Å². The smallest absolute Gasteiger partial charge is 0.251 e. The lowest BCUT2D eigenvalue weighted by atomic mass is 10.1. The van der Waals surface area contributed by atoms with Crippen LogP contribution in [0.4, 0.5) is 0 Å². The monoisotopic (exact) mass is 286 g/mol. The molecular weight excluding hydrogens is 268 g/mol. The van der Waals surface area contributed by atoms with Crippen molar-refractivity contribution >= 4 is 11.8 Å². The normalized spacial score (nSPS) is 10.3. The highest BCUT2D eigenvalue weighted by Crippen LogP contribution is 2.06. The number of aryl methyl sites for hydroxylation is 2. The van der Waals surface area contributed by atoms with E-state index in [1.165, 1.54) is 0 Å². The number of carbonyl (C=O) groups excluding carboxylic acids is 2. The molecule has 1 heterocycles. The van der Waals surface area contributed by atoms with E-state index in [0.717, 1.165) is 24.1 Å². The zero-order valence-corrected chi connectivity index (χ0v) is 11.8. The summed E-state index contributed by atoms with van der Waals surface area (Å²) in [7, 11) is 0. The molecule has 2 amide bonds. The molecule has 0 aliphatic carbocycles. The summed E-state index contributed by atoms with van der Waals surface area (Å²) in [6.45, 7) is 2.56. The predicted molar refractivity (Wildman–Crippen MR) is 78.9 cm³/mol. The molecule has 0 unspecified atom stereocenters. The number of rotatable bonds is 6. The van der Waals surface area contributed by atoms with Crippen LogP contribution >= 0.6 is 0 Å². The average molecular weight is 286 g/mol. The van der Waals surface area contributed by atoms with Gasteiger partial charge in [0.1, 0.15) is 0 Å². The van der Waals surface area contributed by atoms with Crippen molar-refractivity contribution < 1.29 is 9.59 Å². The molecule has 0 atom stereocenters. The first kappa shape index (κ1) is 14.8. The Hall–Kier alpha value is -2.63. The second-order valence-electron chi connectivity index (χ2n) is 4.82. The lowest BCUT2D eigenvalue weighted by molar-refractivity contribution is 0.0950. The number of nitrogens with two attached hydrogens (primary N) is 1. The van der Waals surface area contributed by atoms with Gasteiger partial charge in [-0.3, -0.25) is 14.7 Å². The van der Waals surface area contributed by atoms with Gasteiger partial charge < -0.3 is 11.1 Å². The number of benzene rings is 1. The Morgan fingerprint density at radius 1 is 1.24 bits per heavy atom. The van der Waals surface area contributed by atoms with Gasteiger partial charge in [-0.05, 0) is 49.6 Å². The Morgan fingerprint density at radius 3 is 2.48 bits per heavy atom. The summed E-state index contributed by atoms with van der Waals surface area (Å²) < 4.78 is 0. The topological polar surface area (TPSA) is 101 Å². The van der Waals surface area contributed by atoms with Gasteiger partial charge in [-0.1, -0.05) is 0 Å². The minimum Gasteiger partial charge on any atom is -0.366 e. The third-order valence-corrected chi connectivity index (χ3v) is 3.27. The summed E-state index contributed by atoms with van der Waals surface area (Å²) in [5.74, 6) is -0.660. The van der Waals surface area contributed by atoms with Crippen LogP contribution in [0.25, 0.3) is 0 Å². The van der Waals surface area contributed by atoms with Crippen molar-refractivity contribution in [3.05, 3.63) is 52.8 Å². The SMILES string of the molecule is Cc1[nH]ncc1CCCNC(=O)c1ccc(C(N)=O)cc1. The predicted octanol–water partition coefficient (Wildman–Crippen LogP) is 1.18. The molecule has 1 aromatic heterocycles. The van der Waals surface area contributed by atoms with E-state index >= 15 is 0 Å². The molecule has 0 fully saturated rings. The Labute approximate surface area is 122 Å². The highest BCUT2D eigenvalue weighted by molar-refractivity contribution is 5.97. The Bertz CT molecular complexity index is 631. The molecule has 0 aliphatic rings. The molecule has 1 aromatic carbocycles. The van der Waals surface area contributed by atoms with Gasteiger partial charge in [0, 0.05) is 23.4 Å². The molecule has 110 valence electrons. The quantitative estimate of drug-likeness (QED) is 0.695. The molecule has 2 rings (SSSR count). The van der Waals surface area contributed by atoms with Gasteiger partial charge >= 0.3 is 0 Å². The molecule has 0 saturated heterocycles. The standard InChI is InChI=1S/C15H18N4O2/c1-10-13(9-18-19-10)3-2-8-17-15(21)12-6-4-11(5-7-12)14(16)20/h4-7,9H,2-3,8H2,1H3,(H2,16,20)(H,17,21)(H,18,19). The molecule has 0 spiro atoms. The van der Waals surface area contributed by atoms with Crippen molar-refractivity contribution in [3.8, 4) is 0 Å². The van der Waals surface area contributed by atoms with E-state index in [1.54, 1.807) is 30.5 Å². The molecule has 6 heteroatoms. The maximum atomic E-state index is 11.9. The number of hydrogen-bond acceptors (Lipinski definition) is 3. The number of primary amides is 1. The van der Waals surface area contributed by atoms with E-state index in [-0.39, 0.29) is 5.91 Å². The molecule has 0 aliphatic heterocycles. The largest absolute Gasteiger partial charge is 0.366 e. The molecule has 21 heavy (non-hydrogen) atoms. The second kappa shape index (κ2) is 6.69. The highest BCUT2D eigenvalue weighted by Gasteiger charge is 2.07. The Balaban J connectivity index is 1.79. The summed E-state index contributed by atoms with van der Waals surface area (Å²) in [4.78, 5) is 22.9. The summed E-state index contributed by atoms with van der Waals surface area (Å²) in [5.41, 5.74) is 8.27. The zero-order valence-electron chi connectivity index (χ0n) is 11.8. The molecule has 0 saturated carbocycles. The number of nitrogens with zero attached hydrogens (tertiary/aromatic N) is 1. The number of H-pyrrole nitrogens is 1. The summed E-state index contributed by atoms with van der Waals surface area (Å²) in [6.07, 6.45) is 3.51. The first-order valence-electron chi connectivity index (χ1n) is 6.75. The van der Waals surface area contributed by atoms with Gasteiger partial charge in [-0.15, -0.1) is 0 Å². The van der Waals surface area contributed by atoms with Gasteiger partial charge in [0.2, 0.25) is 5.91 Å². The number of amides is 2. The fourth-order valence-electron chi connectivity index (χ4n) is 2.00. The van der Waals surface area contributed by atoms with Crippen molar-refractivity contribution in [1.29, 1.82) is 0 Å². The fraction of sp³-hybridized carbons (Fsp3) is 0.267. The molecule has 6 nitrogen and oxygen atoms in total. The minimum atomic E-state index is -0.502. The zero-order chi connectivity index (χ0) is 15.2. The van der Waals surface area contributed by atoms with Crippen LogP contribution in [0.2, 0.25) is 0 Å². The summed E-state index contributed by atoms with van der Waals surface area (Å²) in [6, 6.07) is 6.28. The van der Waals surface area contributed by atoms with Crippen molar-refractivity contribution in [2.45, 2.75) is 19.8 Å². The fourth-order valence-corrected chi connectivity index (χ4v) is 2.00. The van der Waals surface area contributed by atoms with Crippen LogP contribution in [0.15, 0.2) is 30.5 Å². The van der Waals surface area contributed by atoms with E-state index in [9.17, 15) is 9.59 Å². The number of aromatic amines is 1. The van der Waals surface area contributed by atoms with Crippen molar-refractivity contribution in [3.63, 3.8) is 0 Å². The van der Waals surface area contributed by atoms with Crippen molar-refractivity contribution in [1.82, 2.24) is 15.5 Å². The number of aromatic nitrogens is 2. The van der Waals surface area contributed by atoms with E-state index < -0.39 is 5.91 Å². The summed E-state index contributed by atoms with van der Waals surface area (Å²) >= 11 is 0. The summed E-state index contributed by atoms with van der Waals surface area (Å²) in [5, 5.41) is 9.68. The third kappa shape index (κ3) is 3.92. The molecule has 4 N–H and O–H groups in total. The van der Waals surface area contributed by atoms with E-state index in [4.69, 9.17) is 5.73 Å². The van der Waals surface area contributed by atoms with E-state index in [0.29, 0.717) is 17.7 Å². The first-order valence-corrected chi connectivity index (χ1v) is 6.75. The molecule has 0 radical (unpaired) electrons. The lowest BCUT2D eigenvalue weighted by Gasteiger charge is -2.05. The molecule has 2 aromatic rings. The second-order valence-corrected chi connectivity index (χ2v) is 4.82. The van der Waals surface area contributed by atoms with Gasteiger partial charge in [-0.2, -0.15) is 5.10 Å². The first-order chi connectivity index (χ1) is 10.1. The van der Waals surface area contributed by atoms with Crippen LogP contribution < -0.4 is 11.1 Å². The number of nitrogens with one attached hydrogen (secondary N) is 2. The van der Waals surface area contributed by atoms with Crippen LogP contribution in [0.3, 0.4) is 0 Å². The van der Waals surface area contributed by atoms with Gasteiger partial charge in [-0.25, -0.2) is 0 Å². The van der Waals surface area contributed by atoms with Gasteiger partial charge in [0.25, 0.3) is 5.91 Å².